The van der Waals surface area contributed by atoms with E-state index in [0.717, 1.165) is 11.5 Å². The van der Waals surface area contributed by atoms with Crippen molar-refractivity contribution >= 4 is 5.91 Å². The Morgan fingerprint density at radius 3 is 3.11 bits per heavy atom. The standard InChI is InChI=1S/C11H15N5O2/c1-12-5-9-7-16(15-14-9)8-11(17)13-6-10-3-2-4-18-10/h2-4,7,12H,5-6,8H2,1H3,(H,13,17). The Kier molecular flexibility index (Phi) is 4.08. The van der Waals surface area contributed by atoms with Crippen molar-refractivity contribution in [1.82, 2.24) is 25.6 Å². The summed E-state index contributed by atoms with van der Waals surface area (Å²) >= 11 is 0. The monoisotopic (exact) mass is 249 g/mol. The molecule has 0 saturated carbocycles. The molecule has 0 aliphatic carbocycles. The van der Waals surface area contributed by atoms with Crippen LogP contribution in [0.25, 0.3) is 0 Å². The summed E-state index contributed by atoms with van der Waals surface area (Å²) in [6.45, 7) is 1.16. The number of carbonyl (C=O) groups excluding carboxylic acids is 1. The average molecular weight is 249 g/mol. The SMILES string of the molecule is CNCc1cn(CC(=O)NCc2ccco2)nn1. The molecule has 18 heavy (non-hydrogen) atoms. The van der Waals surface area contributed by atoms with Crippen LogP contribution < -0.4 is 10.6 Å². The number of aromatic nitrogens is 3. The summed E-state index contributed by atoms with van der Waals surface area (Å²) in [5.41, 5.74) is 0.802. The van der Waals surface area contributed by atoms with Gasteiger partial charge in [0.1, 0.15) is 12.3 Å². The fraction of sp³-hybridized carbons (Fsp3) is 0.364. The van der Waals surface area contributed by atoms with Gasteiger partial charge in [-0.3, -0.25) is 4.79 Å². The van der Waals surface area contributed by atoms with Gasteiger partial charge in [0.2, 0.25) is 5.91 Å². The fourth-order valence-electron chi connectivity index (χ4n) is 1.48. The van der Waals surface area contributed by atoms with Crippen LogP contribution in [0, 0.1) is 0 Å². The Morgan fingerprint density at radius 1 is 1.50 bits per heavy atom. The minimum absolute atomic E-state index is 0.132. The molecule has 0 bridgehead atoms. The van der Waals surface area contributed by atoms with Crippen molar-refractivity contribution in [1.29, 1.82) is 0 Å². The van der Waals surface area contributed by atoms with Gasteiger partial charge in [0.15, 0.2) is 0 Å². The van der Waals surface area contributed by atoms with Crippen LogP contribution in [-0.2, 0) is 24.4 Å². The van der Waals surface area contributed by atoms with Gasteiger partial charge < -0.3 is 15.1 Å². The molecule has 0 aliphatic rings. The van der Waals surface area contributed by atoms with Crippen molar-refractivity contribution in [3.8, 4) is 0 Å². The van der Waals surface area contributed by atoms with Gasteiger partial charge in [-0.15, -0.1) is 5.10 Å². The topological polar surface area (TPSA) is 85.0 Å². The molecule has 2 heterocycles. The van der Waals surface area contributed by atoms with Gasteiger partial charge in [0, 0.05) is 6.54 Å². The molecule has 2 aromatic heterocycles. The van der Waals surface area contributed by atoms with E-state index in [1.807, 2.05) is 7.05 Å². The quantitative estimate of drug-likeness (QED) is 0.747. The molecule has 1 amide bonds. The molecule has 0 radical (unpaired) electrons. The van der Waals surface area contributed by atoms with Crippen LogP contribution in [0.2, 0.25) is 0 Å². The maximum absolute atomic E-state index is 11.6. The minimum Gasteiger partial charge on any atom is -0.467 e. The van der Waals surface area contributed by atoms with E-state index in [1.54, 1.807) is 24.6 Å². The molecule has 2 aromatic rings. The number of nitrogens with zero attached hydrogens (tertiary/aromatic N) is 3. The molecule has 0 aliphatic heterocycles. The smallest absolute Gasteiger partial charge is 0.242 e. The lowest BCUT2D eigenvalue weighted by Gasteiger charge is -2.02. The maximum atomic E-state index is 11.6. The van der Waals surface area contributed by atoms with Gasteiger partial charge in [0.05, 0.1) is 24.7 Å². The number of carbonyl (C=O) groups is 1. The number of hydrogen-bond donors (Lipinski definition) is 2. The van der Waals surface area contributed by atoms with Crippen LogP contribution in [-0.4, -0.2) is 27.9 Å². The summed E-state index contributed by atoms with van der Waals surface area (Å²) < 4.78 is 6.62. The van der Waals surface area contributed by atoms with Crippen LogP contribution in [0.1, 0.15) is 11.5 Å². The van der Waals surface area contributed by atoms with E-state index in [0.29, 0.717) is 13.1 Å². The first-order chi connectivity index (χ1) is 8.78. The molecule has 0 atom stereocenters. The summed E-state index contributed by atoms with van der Waals surface area (Å²) in [5.74, 6) is 0.588. The summed E-state index contributed by atoms with van der Waals surface area (Å²) in [6, 6.07) is 3.59. The van der Waals surface area contributed by atoms with E-state index < -0.39 is 0 Å². The second kappa shape index (κ2) is 5.97. The van der Waals surface area contributed by atoms with Gasteiger partial charge in [-0.2, -0.15) is 0 Å². The third-order valence-electron chi connectivity index (χ3n) is 2.29. The van der Waals surface area contributed by atoms with Crippen LogP contribution in [0.5, 0.6) is 0 Å². The minimum atomic E-state index is -0.132. The Hall–Kier alpha value is -2.15. The predicted octanol–water partition coefficient (Wildman–Crippen LogP) is -0.0931. The van der Waals surface area contributed by atoms with Crippen molar-refractivity contribution in [3.63, 3.8) is 0 Å². The number of hydrogen-bond acceptors (Lipinski definition) is 5. The van der Waals surface area contributed by atoms with Crippen molar-refractivity contribution in [2.45, 2.75) is 19.6 Å². The highest BCUT2D eigenvalue weighted by Gasteiger charge is 2.06. The summed E-state index contributed by atoms with van der Waals surface area (Å²) in [4.78, 5) is 11.6. The van der Waals surface area contributed by atoms with Gasteiger partial charge in [0.25, 0.3) is 0 Å². The van der Waals surface area contributed by atoms with E-state index in [1.165, 1.54) is 4.68 Å². The lowest BCUT2D eigenvalue weighted by atomic mass is 10.4. The van der Waals surface area contributed by atoms with E-state index >= 15 is 0 Å². The number of rotatable bonds is 6. The van der Waals surface area contributed by atoms with Gasteiger partial charge >= 0.3 is 0 Å². The highest BCUT2D eigenvalue weighted by atomic mass is 16.3. The van der Waals surface area contributed by atoms with Crippen LogP contribution in [0.3, 0.4) is 0 Å². The zero-order valence-electron chi connectivity index (χ0n) is 10.1. The molecule has 96 valence electrons. The van der Waals surface area contributed by atoms with E-state index in [-0.39, 0.29) is 12.5 Å². The van der Waals surface area contributed by atoms with E-state index in [2.05, 4.69) is 20.9 Å². The Morgan fingerprint density at radius 2 is 2.39 bits per heavy atom. The second-order valence-corrected chi connectivity index (χ2v) is 3.79. The van der Waals surface area contributed by atoms with Gasteiger partial charge in [-0.05, 0) is 19.2 Å². The normalized spacial score (nSPS) is 10.5. The third-order valence-corrected chi connectivity index (χ3v) is 2.29. The number of amides is 1. The molecule has 0 unspecified atom stereocenters. The fourth-order valence-corrected chi connectivity index (χ4v) is 1.48. The molecule has 7 nitrogen and oxygen atoms in total. The highest BCUT2D eigenvalue weighted by Crippen LogP contribution is 1.98. The first kappa shape index (κ1) is 12.3. The summed E-state index contributed by atoms with van der Waals surface area (Å²) in [5, 5.41) is 13.5. The molecule has 0 fully saturated rings. The molecule has 2 N–H and O–H groups in total. The van der Waals surface area contributed by atoms with Crippen LogP contribution >= 0.6 is 0 Å². The van der Waals surface area contributed by atoms with Crippen LogP contribution in [0.15, 0.2) is 29.0 Å². The van der Waals surface area contributed by atoms with E-state index in [4.69, 9.17) is 4.42 Å². The van der Waals surface area contributed by atoms with Crippen molar-refractivity contribution in [3.05, 3.63) is 36.0 Å². The van der Waals surface area contributed by atoms with Crippen LogP contribution in [0.4, 0.5) is 0 Å². The molecule has 0 aromatic carbocycles. The molecule has 7 heteroatoms. The largest absolute Gasteiger partial charge is 0.467 e. The molecule has 0 spiro atoms. The van der Waals surface area contributed by atoms with Crippen molar-refractivity contribution in [2.24, 2.45) is 0 Å². The third kappa shape index (κ3) is 3.42. The van der Waals surface area contributed by atoms with Gasteiger partial charge in [-0.1, -0.05) is 5.21 Å². The Balaban J connectivity index is 1.79. The maximum Gasteiger partial charge on any atom is 0.242 e. The van der Waals surface area contributed by atoms with Gasteiger partial charge in [-0.25, -0.2) is 4.68 Å². The first-order valence-corrected chi connectivity index (χ1v) is 5.60. The summed E-state index contributed by atoms with van der Waals surface area (Å²) in [7, 11) is 1.83. The summed E-state index contributed by atoms with van der Waals surface area (Å²) in [6.07, 6.45) is 3.31. The molecular formula is C11H15N5O2. The average Bonchev–Trinajstić information content (AvgIpc) is 2.99. The molecule has 0 saturated heterocycles. The zero-order chi connectivity index (χ0) is 12.8. The number of furan rings is 1. The molecular weight excluding hydrogens is 234 g/mol. The van der Waals surface area contributed by atoms with Crippen molar-refractivity contribution < 1.29 is 9.21 Å². The lowest BCUT2D eigenvalue weighted by molar-refractivity contribution is -0.122. The lowest BCUT2D eigenvalue weighted by Crippen LogP contribution is -2.27. The number of nitrogens with one attached hydrogen (secondary N) is 2. The van der Waals surface area contributed by atoms with Crippen molar-refractivity contribution in [2.75, 3.05) is 7.05 Å². The molecule has 2 rings (SSSR count). The first-order valence-electron chi connectivity index (χ1n) is 5.60. The zero-order valence-corrected chi connectivity index (χ0v) is 10.1. The predicted molar refractivity (Wildman–Crippen MR) is 63.3 cm³/mol. The second-order valence-electron chi connectivity index (χ2n) is 3.79. The van der Waals surface area contributed by atoms with E-state index in [9.17, 15) is 4.79 Å². The Labute approximate surface area is 104 Å². The highest BCUT2D eigenvalue weighted by molar-refractivity contribution is 5.75. The Bertz CT molecular complexity index is 491.